The quantitative estimate of drug-likeness (QED) is 0.279. The Morgan fingerprint density at radius 2 is 0.412 bits per heavy atom. The molecule has 0 aromatic carbocycles. The monoisotopic (exact) mass is 510 g/mol. The van der Waals surface area contributed by atoms with Crippen LogP contribution in [0.25, 0.3) is 0 Å². The SMILES string of the molecule is CF.CF.[Ag+].[Ag+].[Li+].[Li+].[O-2].[O-2].[O-2].[O-2].[O-2].[O-2].[O-2].[V].[V]. The molecule has 0 rings (SSSR count). The standard InChI is InChI=1S/2CH3F.2Ag.2Li.7O.2V/c2*1-2;;;;;;;;;;;;;/h2*1H3;;;;;;;;;;;;;/q;;4*+1;7*-2;;. The molecule has 17 heavy (non-hydrogen) atoms. The van der Waals surface area contributed by atoms with Gasteiger partial charge in [0.05, 0.1) is 14.4 Å². The van der Waals surface area contributed by atoms with Crippen LogP contribution >= 0.6 is 0 Å². The van der Waals surface area contributed by atoms with Crippen LogP contribution in [0.1, 0.15) is 0 Å². The van der Waals surface area contributed by atoms with Crippen molar-refractivity contribution in [3.8, 4) is 0 Å². The summed E-state index contributed by atoms with van der Waals surface area (Å²) >= 11 is 0. The molecule has 0 aromatic heterocycles. The van der Waals surface area contributed by atoms with Crippen LogP contribution in [0.4, 0.5) is 8.78 Å². The zero-order valence-corrected chi connectivity index (χ0v) is 14.9. The summed E-state index contributed by atoms with van der Waals surface area (Å²) in [6.45, 7) is 0. The van der Waals surface area contributed by atoms with Crippen molar-refractivity contribution in [1.29, 1.82) is 0 Å². The molecule has 0 amide bonds. The zero-order chi connectivity index (χ0) is 4.00. The fourth-order valence-electron chi connectivity index (χ4n) is 0. The van der Waals surface area contributed by atoms with Crippen LogP contribution in [0.3, 0.4) is 0 Å². The first-order valence-corrected chi connectivity index (χ1v) is 0.756. The molecule has 0 aromatic rings. The van der Waals surface area contributed by atoms with Crippen LogP contribution < -0.4 is 37.7 Å². The van der Waals surface area contributed by atoms with E-state index in [0.717, 1.165) is 0 Å². The van der Waals surface area contributed by atoms with Crippen molar-refractivity contribution in [2.45, 2.75) is 0 Å². The summed E-state index contributed by atoms with van der Waals surface area (Å²) in [6, 6.07) is 0. The maximum Gasteiger partial charge on any atom is 1.00 e. The number of hydrogen-bond donors (Lipinski definition) is 0. The molecule has 0 N–H and O–H groups in total. The van der Waals surface area contributed by atoms with Gasteiger partial charge in [0.25, 0.3) is 0 Å². The van der Waals surface area contributed by atoms with Gasteiger partial charge in [-0.25, -0.2) is 0 Å². The van der Waals surface area contributed by atoms with Crippen molar-refractivity contribution in [3.05, 3.63) is 0 Å². The second-order valence-electron chi connectivity index (χ2n) is 0. The van der Waals surface area contributed by atoms with E-state index in [1.165, 1.54) is 0 Å². The van der Waals surface area contributed by atoms with E-state index in [2.05, 4.69) is 0 Å². The molecule has 7 nitrogen and oxygen atoms in total. The van der Waals surface area contributed by atoms with E-state index < -0.39 is 0 Å². The molecule has 0 heterocycles. The predicted octanol–water partition coefficient (Wildman–Crippen LogP) is -5.66. The summed E-state index contributed by atoms with van der Waals surface area (Å²) < 4.78 is 19.0. The maximum absolute atomic E-state index is 9.50. The van der Waals surface area contributed by atoms with Gasteiger partial charge in [0, 0.05) is 37.1 Å². The van der Waals surface area contributed by atoms with E-state index in [1.54, 1.807) is 0 Å². The van der Waals surface area contributed by atoms with Crippen LogP contribution in [0, 0.1) is 0 Å². The number of alkyl halides is 2. The number of rotatable bonds is 0. The molecule has 0 saturated heterocycles. The van der Waals surface area contributed by atoms with E-state index in [0.29, 0.717) is 14.4 Å². The van der Waals surface area contributed by atoms with E-state index in [4.69, 9.17) is 0 Å². The first-order chi connectivity index (χ1) is 2.00. The van der Waals surface area contributed by atoms with Gasteiger partial charge in [-0.1, -0.05) is 0 Å². The molecule has 0 aliphatic rings. The first-order valence-electron chi connectivity index (χ1n) is 0.756. The largest absolute Gasteiger partial charge is 2.00 e. The Bertz CT molecular complexity index is 39.8. The third kappa shape index (κ3) is 503. The number of hydrogen-bond acceptors (Lipinski definition) is 0. The fourth-order valence-corrected chi connectivity index (χ4v) is 0. The summed E-state index contributed by atoms with van der Waals surface area (Å²) in [5.74, 6) is 0. The third-order valence-corrected chi connectivity index (χ3v) is 0. The van der Waals surface area contributed by atoms with E-state index in [9.17, 15) is 8.78 Å². The second kappa shape index (κ2) is 562. The molecule has 0 aliphatic heterocycles. The summed E-state index contributed by atoms with van der Waals surface area (Å²) in [7, 11) is 1.00. The van der Waals surface area contributed by atoms with Gasteiger partial charge in [0.15, 0.2) is 0 Å². The average molecular weight is 512 g/mol. The normalized spacial score (nSPS) is 0.706. The Morgan fingerprint density at radius 1 is 0.412 bits per heavy atom. The molecule has 2 radical (unpaired) electrons. The van der Waals surface area contributed by atoms with Gasteiger partial charge < -0.3 is 38.3 Å². The molecule has 0 spiro atoms. The third-order valence-electron chi connectivity index (χ3n) is 0. The molecular weight excluding hydrogens is 506 g/mol. The Balaban J connectivity index is -0.000000000205. The molecule has 0 aliphatic carbocycles. The maximum atomic E-state index is 9.50. The van der Waals surface area contributed by atoms with Crippen LogP contribution in [-0.2, 0) is 120 Å². The molecule has 0 atom stereocenters. The van der Waals surface area contributed by atoms with Gasteiger partial charge in [0.2, 0.25) is 0 Å². The summed E-state index contributed by atoms with van der Waals surface area (Å²) in [5, 5.41) is 0. The molecule has 0 bridgehead atoms. The topological polar surface area (TPSA) is 200 Å². The average Bonchev–Trinajstić information content (AvgIpc) is 1.50. The van der Waals surface area contributed by atoms with Crippen molar-refractivity contribution < 1.29 is 167 Å². The van der Waals surface area contributed by atoms with Crippen molar-refractivity contribution >= 4 is 0 Å². The molecular formula is C2H6Ag2F2Li2O7V2-10. The van der Waals surface area contributed by atoms with E-state index in [1.807, 2.05) is 0 Å². The smallest absolute Gasteiger partial charge is 1.00 e. The predicted molar refractivity (Wildman–Crippen MR) is 18.9 cm³/mol. The van der Waals surface area contributed by atoms with Crippen molar-refractivity contribution in [1.82, 2.24) is 0 Å². The van der Waals surface area contributed by atoms with Crippen molar-refractivity contribution in [2.24, 2.45) is 0 Å². The van der Waals surface area contributed by atoms with Gasteiger partial charge in [-0.3, -0.25) is 8.78 Å². The summed E-state index contributed by atoms with van der Waals surface area (Å²) in [5.41, 5.74) is 0. The second-order valence-corrected chi connectivity index (χ2v) is 0. The van der Waals surface area contributed by atoms with Gasteiger partial charge in [0.1, 0.15) is 0 Å². The van der Waals surface area contributed by atoms with Crippen molar-refractivity contribution in [2.75, 3.05) is 14.4 Å². The van der Waals surface area contributed by atoms with Crippen LogP contribution in [-0.4, -0.2) is 14.4 Å². The molecule has 0 fully saturated rings. The molecule has 0 saturated carbocycles. The van der Waals surface area contributed by atoms with Crippen LogP contribution in [0.15, 0.2) is 0 Å². The summed E-state index contributed by atoms with van der Waals surface area (Å²) in [4.78, 5) is 0. The first kappa shape index (κ1) is 262. The Labute approximate surface area is 179 Å². The van der Waals surface area contributed by atoms with Gasteiger partial charge in [-0.05, 0) is 0 Å². The van der Waals surface area contributed by atoms with E-state index >= 15 is 0 Å². The minimum absolute atomic E-state index is 0. The van der Waals surface area contributed by atoms with Gasteiger partial charge in [-0.2, -0.15) is 0 Å². The molecule has 15 heteroatoms. The Kier molecular flexibility index (Phi) is 8660. The number of halogens is 2. The Hall–Kier alpha value is 3.42. The van der Waals surface area contributed by atoms with Crippen molar-refractivity contribution in [3.63, 3.8) is 0 Å². The van der Waals surface area contributed by atoms with E-state index in [-0.39, 0.29) is 158 Å². The molecule has 0 unspecified atom stereocenters. The van der Waals surface area contributed by atoms with Crippen LogP contribution in [0.5, 0.6) is 0 Å². The minimum atomic E-state index is 0. The van der Waals surface area contributed by atoms with Gasteiger partial charge in [-0.15, -0.1) is 0 Å². The van der Waals surface area contributed by atoms with Gasteiger partial charge >= 0.3 is 82.5 Å². The minimum Gasteiger partial charge on any atom is -2.00 e. The molecule has 114 valence electrons. The summed E-state index contributed by atoms with van der Waals surface area (Å²) in [6.07, 6.45) is 0. The Morgan fingerprint density at radius 3 is 0.412 bits per heavy atom. The van der Waals surface area contributed by atoms with Crippen LogP contribution in [0.2, 0.25) is 0 Å². The fraction of sp³-hybridized carbons (Fsp3) is 1.00. The zero-order valence-electron chi connectivity index (χ0n) is 9.11.